The molecule has 0 aliphatic rings. The van der Waals surface area contributed by atoms with Gasteiger partial charge in [-0.05, 0) is 26.0 Å². The van der Waals surface area contributed by atoms with Crippen LogP contribution in [0, 0.1) is 5.39 Å². The van der Waals surface area contributed by atoms with Gasteiger partial charge in [0.15, 0.2) is 10.7 Å². The molecule has 0 unspecified atom stereocenters. The second-order valence-corrected chi connectivity index (χ2v) is 4.60. The summed E-state index contributed by atoms with van der Waals surface area (Å²) in [7, 11) is 0. The fourth-order valence-electron chi connectivity index (χ4n) is 2.06. The van der Waals surface area contributed by atoms with Gasteiger partial charge in [-0.1, -0.05) is 18.2 Å². The van der Waals surface area contributed by atoms with Crippen molar-refractivity contribution in [2.75, 3.05) is 18.5 Å². The van der Waals surface area contributed by atoms with Crippen LogP contribution in [-0.4, -0.2) is 19.1 Å². The first kappa shape index (κ1) is 26.4. The van der Waals surface area contributed by atoms with Gasteiger partial charge >= 0.3 is 5.69 Å². The monoisotopic (exact) mass is 446 g/mol. The largest absolute Gasteiger partial charge is 1.00 e. The van der Waals surface area contributed by atoms with E-state index in [1.807, 2.05) is 19.9 Å². The van der Waals surface area contributed by atoms with Crippen LogP contribution in [0.15, 0.2) is 42.5 Å². The molecule has 0 atom stereocenters. The molecule has 1 N–H and O–H groups in total. The van der Waals surface area contributed by atoms with E-state index < -0.39 is 0 Å². The van der Waals surface area contributed by atoms with Crippen molar-refractivity contribution < 1.29 is 58.6 Å². The van der Waals surface area contributed by atoms with Crippen LogP contribution < -0.4 is 39.6 Å². The molecule has 0 radical (unpaired) electrons. The van der Waals surface area contributed by atoms with Crippen molar-refractivity contribution in [3.8, 4) is 11.5 Å². The number of rotatable bonds is 6. The number of benzene rings is 2. The first-order valence-corrected chi connectivity index (χ1v) is 7.34. The Kier molecular flexibility index (Phi) is 13.5. The zero-order valence-electron chi connectivity index (χ0n) is 14.5. The molecule has 26 heavy (non-hydrogen) atoms. The molecule has 0 heterocycles. The van der Waals surface area contributed by atoms with E-state index in [1.165, 1.54) is 6.07 Å². The number of diazo groups is 1. The SMILES string of the molecule is CCOc1cc(NC(=O)c2ccccc2)c(OCC)cc1[N+]#N.[Cl-].[Cl-].[Zn]. The first-order chi connectivity index (χ1) is 11.2. The molecule has 0 saturated heterocycles. The third kappa shape index (κ3) is 6.80. The van der Waals surface area contributed by atoms with Gasteiger partial charge in [0.1, 0.15) is 0 Å². The predicted molar refractivity (Wildman–Crippen MR) is 87.9 cm³/mol. The van der Waals surface area contributed by atoms with Crippen molar-refractivity contribution in [1.82, 2.24) is 0 Å². The van der Waals surface area contributed by atoms with E-state index in [0.717, 1.165) is 0 Å². The molecule has 0 saturated carbocycles. The van der Waals surface area contributed by atoms with Gasteiger partial charge < -0.3 is 39.6 Å². The molecule has 0 aliphatic carbocycles. The second kappa shape index (κ2) is 13.4. The normalized spacial score (nSPS) is 8.65. The van der Waals surface area contributed by atoms with Gasteiger partial charge in [-0.15, -0.1) is 0 Å². The molecule has 1 amide bonds. The summed E-state index contributed by atoms with van der Waals surface area (Å²) in [6, 6.07) is 12.0. The number of amides is 1. The Bertz CT molecular complexity index is 740. The van der Waals surface area contributed by atoms with Crippen LogP contribution in [0.2, 0.25) is 0 Å². The minimum atomic E-state index is -0.261. The van der Waals surface area contributed by atoms with Crippen molar-refractivity contribution >= 4 is 17.3 Å². The van der Waals surface area contributed by atoms with Gasteiger partial charge in [0, 0.05) is 31.1 Å². The molecule has 2 aromatic rings. The maximum atomic E-state index is 12.3. The quantitative estimate of drug-likeness (QED) is 0.419. The first-order valence-electron chi connectivity index (χ1n) is 7.34. The Labute approximate surface area is 177 Å². The van der Waals surface area contributed by atoms with Crippen LogP contribution >= 0.6 is 0 Å². The maximum Gasteiger partial charge on any atom is 0.430 e. The van der Waals surface area contributed by atoms with E-state index in [1.54, 1.807) is 30.3 Å². The molecule has 0 aromatic heterocycles. The Morgan fingerprint density at radius 2 is 1.62 bits per heavy atom. The number of ether oxygens (including phenoxy) is 2. The van der Waals surface area contributed by atoms with Crippen molar-refractivity contribution in [3.63, 3.8) is 0 Å². The van der Waals surface area contributed by atoms with Crippen LogP contribution in [0.1, 0.15) is 24.2 Å². The standard InChI is InChI=1S/C17H17N3O3.2ClH.Zn/c1-3-22-15-11-14(20-18)16(23-4-2)10-13(15)19-17(21)12-8-6-5-7-9-12;;;/h5-11H,3-4H2,1-2H3;2*1H;/p-1. The molecule has 0 fully saturated rings. The van der Waals surface area contributed by atoms with Crippen molar-refractivity contribution in [1.29, 1.82) is 5.39 Å². The molecule has 0 spiro atoms. The van der Waals surface area contributed by atoms with Crippen LogP contribution in [0.25, 0.3) is 4.98 Å². The minimum Gasteiger partial charge on any atom is -1.00 e. The molecule has 136 valence electrons. The Hall–Kier alpha value is -1.87. The summed E-state index contributed by atoms with van der Waals surface area (Å²) < 4.78 is 10.9. The summed E-state index contributed by atoms with van der Waals surface area (Å²) in [5.41, 5.74) is 1.23. The fraction of sp³-hybridized carbons (Fsp3) is 0.235. The topological polar surface area (TPSA) is 75.7 Å². The zero-order valence-corrected chi connectivity index (χ0v) is 19.0. The minimum absolute atomic E-state index is 0. The second-order valence-electron chi connectivity index (χ2n) is 4.60. The van der Waals surface area contributed by atoms with E-state index in [-0.39, 0.29) is 55.9 Å². The van der Waals surface area contributed by atoms with Crippen LogP contribution in [0.4, 0.5) is 11.4 Å². The Balaban J connectivity index is 0. The summed E-state index contributed by atoms with van der Waals surface area (Å²) in [5.74, 6) is 0.512. The van der Waals surface area contributed by atoms with Crippen LogP contribution in [0.3, 0.4) is 0 Å². The third-order valence-electron chi connectivity index (χ3n) is 3.05. The van der Waals surface area contributed by atoms with E-state index in [4.69, 9.17) is 14.9 Å². The summed E-state index contributed by atoms with van der Waals surface area (Å²) in [6.45, 7) is 4.46. The van der Waals surface area contributed by atoms with Gasteiger partial charge in [0.25, 0.3) is 5.91 Å². The number of hydrogen-bond donors (Lipinski definition) is 1. The summed E-state index contributed by atoms with van der Waals surface area (Å²) in [6.07, 6.45) is 0. The van der Waals surface area contributed by atoms with Gasteiger partial charge in [-0.25, -0.2) is 0 Å². The van der Waals surface area contributed by atoms with E-state index in [9.17, 15) is 4.79 Å². The Morgan fingerprint density at radius 1 is 1.04 bits per heavy atom. The van der Waals surface area contributed by atoms with E-state index in [2.05, 4.69) is 10.3 Å². The number of anilines is 1. The fourth-order valence-corrected chi connectivity index (χ4v) is 2.06. The molecule has 0 bridgehead atoms. The van der Waals surface area contributed by atoms with Crippen molar-refractivity contribution in [2.24, 2.45) is 0 Å². The molecular formula is C17H18Cl2N3O3Zn-. The number of hydrogen-bond acceptors (Lipinski definition) is 4. The molecule has 9 heteroatoms. The zero-order chi connectivity index (χ0) is 16.7. The van der Waals surface area contributed by atoms with E-state index in [0.29, 0.717) is 36.0 Å². The smallest absolute Gasteiger partial charge is 0.430 e. The summed E-state index contributed by atoms with van der Waals surface area (Å²) in [4.78, 5) is 15.5. The van der Waals surface area contributed by atoms with Crippen LogP contribution in [-0.2, 0) is 19.5 Å². The van der Waals surface area contributed by atoms with Gasteiger partial charge in [-0.3, -0.25) is 4.79 Å². The summed E-state index contributed by atoms with van der Waals surface area (Å²) >= 11 is 0. The number of nitrogens with one attached hydrogen (secondary N) is 1. The maximum absolute atomic E-state index is 12.3. The van der Waals surface area contributed by atoms with E-state index >= 15 is 0 Å². The van der Waals surface area contributed by atoms with Crippen molar-refractivity contribution in [2.45, 2.75) is 13.8 Å². The molecule has 2 aromatic carbocycles. The predicted octanol–water partition coefficient (Wildman–Crippen LogP) is -1.77. The number of halogens is 2. The Morgan fingerprint density at radius 3 is 2.15 bits per heavy atom. The number of carbonyl (C=O) groups excluding carboxylic acids is 1. The molecule has 6 nitrogen and oxygen atoms in total. The molecule has 2 rings (SSSR count). The summed E-state index contributed by atoms with van der Waals surface area (Å²) in [5, 5.41) is 11.9. The van der Waals surface area contributed by atoms with Gasteiger partial charge in [-0.2, -0.15) is 0 Å². The number of carbonyl (C=O) groups is 1. The van der Waals surface area contributed by atoms with Crippen LogP contribution in [0.5, 0.6) is 11.5 Å². The average molecular weight is 449 g/mol. The molecular weight excluding hydrogens is 431 g/mol. The third-order valence-corrected chi connectivity index (χ3v) is 3.05. The molecule has 0 aliphatic heterocycles. The number of nitrogens with zero attached hydrogens (tertiary/aromatic N) is 2. The van der Waals surface area contributed by atoms with Gasteiger partial charge in [0.2, 0.25) is 11.1 Å². The van der Waals surface area contributed by atoms with Gasteiger partial charge in [0.05, 0.1) is 25.0 Å². The van der Waals surface area contributed by atoms with Crippen molar-refractivity contribution in [3.05, 3.63) is 53.0 Å². The average Bonchev–Trinajstić information content (AvgIpc) is 2.58.